The van der Waals surface area contributed by atoms with Crippen molar-refractivity contribution in [3.63, 3.8) is 0 Å². The Balaban J connectivity index is 2.05. The molecule has 3 rings (SSSR count). The van der Waals surface area contributed by atoms with Gasteiger partial charge >= 0.3 is 0 Å². The van der Waals surface area contributed by atoms with Crippen molar-refractivity contribution in [2.45, 2.75) is 38.0 Å². The maximum atomic E-state index is 10.3. The molecule has 3 atom stereocenters. The Morgan fingerprint density at radius 1 is 1.32 bits per heavy atom. The lowest BCUT2D eigenvalue weighted by Crippen LogP contribution is -3.12. The van der Waals surface area contributed by atoms with Gasteiger partial charge in [0.25, 0.3) is 5.88 Å². The molecule has 3 aliphatic rings. The third-order valence-corrected chi connectivity index (χ3v) is 4.61. The second-order valence-corrected chi connectivity index (χ2v) is 6.51. The largest absolute Gasteiger partial charge is 0.496 e. The Labute approximate surface area is 131 Å². The highest BCUT2D eigenvalue weighted by Crippen LogP contribution is 2.39. The normalized spacial score (nSPS) is 30.6. The predicted molar refractivity (Wildman–Crippen MR) is 81.8 cm³/mol. The molecule has 0 spiro atoms. The summed E-state index contributed by atoms with van der Waals surface area (Å²) in [5.41, 5.74) is 1.24. The number of hydrogen-bond donors (Lipinski definition) is 2. The minimum atomic E-state index is -0.901. The first kappa shape index (κ1) is 15.2. The van der Waals surface area contributed by atoms with Crippen LogP contribution in [0.1, 0.15) is 20.3 Å². The minimum absolute atomic E-state index is 0.0178. The quantitative estimate of drug-likeness (QED) is 0.804. The van der Waals surface area contributed by atoms with Gasteiger partial charge in [-0.15, -0.1) is 0 Å². The van der Waals surface area contributed by atoms with Crippen LogP contribution >= 0.6 is 0 Å². The van der Waals surface area contributed by atoms with Crippen LogP contribution in [0.3, 0.4) is 0 Å². The molecule has 2 heterocycles. The zero-order valence-corrected chi connectivity index (χ0v) is 13.8. The number of aliphatic hydroxyl groups is 1. The van der Waals surface area contributed by atoms with Crippen LogP contribution in [0, 0.1) is 0 Å². The van der Waals surface area contributed by atoms with E-state index in [2.05, 4.69) is 13.1 Å². The number of fused-ring (bicyclic) bond motifs is 1. The van der Waals surface area contributed by atoms with Crippen LogP contribution in [0.5, 0.6) is 0 Å². The lowest BCUT2D eigenvalue weighted by Gasteiger charge is -2.33. The Hall–Kier alpha value is -1.72. The fourth-order valence-corrected chi connectivity index (χ4v) is 3.43. The van der Waals surface area contributed by atoms with Crippen LogP contribution in [0.25, 0.3) is 0 Å². The highest BCUT2D eigenvalue weighted by Gasteiger charge is 2.49. The van der Waals surface area contributed by atoms with E-state index in [1.54, 1.807) is 28.1 Å². The molecular weight excluding hydrogens is 282 g/mol. The Morgan fingerprint density at radius 2 is 2.05 bits per heavy atom. The van der Waals surface area contributed by atoms with E-state index in [1.165, 1.54) is 0 Å². The van der Waals surface area contributed by atoms with Crippen LogP contribution in [-0.2, 0) is 14.2 Å². The molecule has 2 unspecified atom stereocenters. The van der Waals surface area contributed by atoms with Gasteiger partial charge in [-0.3, -0.25) is 4.90 Å². The number of quaternary nitrogens is 1. The number of hydrogen-bond acceptors (Lipinski definition) is 4. The molecule has 5 heteroatoms. The lowest BCUT2D eigenvalue weighted by atomic mass is 9.89. The van der Waals surface area contributed by atoms with E-state index in [4.69, 9.17) is 14.2 Å². The summed E-state index contributed by atoms with van der Waals surface area (Å²) in [5.74, 6) is 2.57. The van der Waals surface area contributed by atoms with E-state index in [0.29, 0.717) is 6.42 Å². The van der Waals surface area contributed by atoms with Gasteiger partial charge in [0.15, 0.2) is 11.8 Å². The highest BCUT2D eigenvalue weighted by atomic mass is 16.5. The van der Waals surface area contributed by atoms with E-state index in [0.717, 1.165) is 33.4 Å². The zero-order chi connectivity index (χ0) is 16.1. The Bertz CT molecular complexity index is 607. The van der Waals surface area contributed by atoms with Crippen LogP contribution in [0.15, 0.2) is 46.8 Å². The van der Waals surface area contributed by atoms with Gasteiger partial charge < -0.3 is 19.3 Å². The van der Waals surface area contributed by atoms with E-state index in [9.17, 15) is 5.11 Å². The van der Waals surface area contributed by atoms with Gasteiger partial charge in [-0.25, -0.2) is 0 Å². The molecule has 120 valence electrons. The van der Waals surface area contributed by atoms with E-state index < -0.39 is 5.60 Å². The van der Waals surface area contributed by atoms with Gasteiger partial charge in [0, 0.05) is 6.42 Å². The standard InChI is InChI=1S/C17H23NO4/c1-17(2,19)13-9-11-15(21-5)10-7-6-8-12(20-4)14(10)18(3)16(11)22-13/h6-8,13-14,19H,9H2,1-5H3/p+1/t13-,14?/m1/s1. The van der Waals surface area contributed by atoms with Gasteiger partial charge in [-0.2, -0.15) is 0 Å². The van der Waals surface area contributed by atoms with Gasteiger partial charge in [0.05, 0.1) is 38.0 Å². The summed E-state index contributed by atoms with van der Waals surface area (Å²) in [6.45, 7) is 3.55. The minimum Gasteiger partial charge on any atom is -0.496 e. The van der Waals surface area contributed by atoms with Gasteiger partial charge in [-0.05, 0) is 26.0 Å². The number of methoxy groups -OCH3 is 2. The average Bonchev–Trinajstić information content (AvgIpc) is 2.92. The van der Waals surface area contributed by atoms with Crippen LogP contribution < -0.4 is 4.90 Å². The van der Waals surface area contributed by atoms with Crippen molar-refractivity contribution in [1.29, 1.82) is 0 Å². The second-order valence-electron chi connectivity index (χ2n) is 6.51. The van der Waals surface area contributed by atoms with Crippen molar-refractivity contribution in [1.82, 2.24) is 0 Å². The first-order valence-corrected chi connectivity index (χ1v) is 7.55. The number of nitrogens with one attached hydrogen (secondary N) is 1. The van der Waals surface area contributed by atoms with E-state index in [1.807, 2.05) is 12.2 Å². The monoisotopic (exact) mass is 306 g/mol. The molecule has 2 aliphatic heterocycles. The molecule has 0 aromatic carbocycles. The second kappa shape index (κ2) is 5.18. The maximum Gasteiger partial charge on any atom is 0.298 e. The highest BCUT2D eigenvalue weighted by molar-refractivity contribution is 5.48. The summed E-state index contributed by atoms with van der Waals surface area (Å²) in [6.07, 6.45) is 6.40. The summed E-state index contributed by atoms with van der Waals surface area (Å²) < 4.78 is 17.3. The van der Waals surface area contributed by atoms with Gasteiger partial charge in [-0.1, -0.05) is 6.08 Å². The third kappa shape index (κ3) is 2.16. The molecule has 0 fully saturated rings. The van der Waals surface area contributed by atoms with Crippen molar-refractivity contribution in [2.75, 3.05) is 21.3 Å². The Morgan fingerprint density at radius 3 is 2.64 bits per heavy atom. The van der Waals surface area contributed by atoms with Crippen molar-refractivity contribution >= 4 is 0 Å². The first-order valence-electron chi connectivity index (χ1n) is 7.55. The van der Waals surface area contributed by atoms with Gasteiger partial charge in [0.1, 0.15) is 11.9 Å². The molecule has 0 amide bonds. The fraction of sp³-hybridized carbons (Fsp3) is 0.529. The SMILES string of the molecule is COC1=CC=CC2=C(OC)C3=C(O[C@@H](C(C)(C)O)C3)[NH+](C)C12. The molecule has 1 aliphatic carbocycles. The molecule has 0 saturated carbocycles. The molecule has 0 aromatic rings. The van der Waals surface area contributed by atoms with E-state index >= 15 is 0 Å². The van der Waals surface area contributed by atoms with Crippen LogP contribution in [-0.4, -0.2) is 44.1 Å². The fourth-order valence-electron chi connectivity index (χ4n) is 3.43. The molecule has 0 aromatic heterocycles. The molecular formula is C17H24NO4+. The van der Waals surface area contributed by atoms with E-state index in [-0.39, 0.29) is 12.1 Å². The number of likely N-dealkylation sites (N-methyl/N-ethyl adjacent to an activating group) is 1. The Kier molecular flexibility index (Phi) is 3.57. The first-order chi connectivity index (χ1) is 10.4. The summed E-state index contributed by atoms with van der Waals surface area (Å²) >= 11 is 0. The smallest absolute Gasteiger partial charge is 0.298 e. The molecule has 0 bridgehead atoms. The van der Waals surface area contributed by atoms with Crippen LogP contribution in [0.4, 0.5) is 0 Å². The average molecular weight is 306 g/mol. The summed E-state index contributed by atoms with van der Waals surface area (Å²) in [6, 6.07) is 0.0178. The zero-order valence-electron chi connectivity index (χ0n) is 13.8. The summed E-state index contributed by atoms with van der Waals surface area (Å²) in [7, 11) is 5.42. The molecule has 5 nitrogen and oxygen atoms in total. The number of allylic oxidation sites excluding steroid dienone is 3. The number of ether oxygens (including phenoxy) is 3. The molecule has 22 heavy (non-hydrogen) atoms. The van der Waals surface area contributed by atoms with Gasteiger partial charge in [0.2, 0.25) is 0 Å². The number of rotatable bonds is 3. The predicted octanol–water partition coefficient (Wildman–Crippen LogP) is 0.655. The summed E-state index contributed by atoms with van der Waals surface area (Å²) in [5, 5.41) is 10.3. The lowest BCUT2D eigenvalue weighted by molar-refractivity contribution is -0.874. The summed E-state index contributed by atoms with van der Waals surface area (Å²) in [4.78, 5) is 1.11. The molecule has 2 N–H and O–H groups in total. The van der Waals surface area contributed by atoms with Crippen molar-refractivity contribution in [3.05, 3.63) is 46.8 Å². The molecule has 0 radical (unpaired) electrons. The van der Waals surface area contributed by atoms with Crippen molar-refractivity contribution < 1.29 is 24.2 Å². The van der Waals surface area contributed by atoms with Crippen molar-refractivity contribution in [3.8, 4) is 0 Å². The third-order valence-electron chi connectivity index (χ3n) is 4.61. The maximum absolute atomic E-state index is 10.3. The topological polar surface area (TPSA) is 52.4 Å². The van der Waals surface area contributed by atoms with Crippen molar-refractivity contribution in [2.24, 2.45) is 0 Å². The van der Waals surface area contributed by atoms with Crippen LogP contribution in [0.2, 0.25) is 0 Å². The molecule has 0 saturated heterocycles.